The standard InChI is InChI=1S/C18H16F2N2O4/c1-25-15-8-6-12(10-14(15)20)7-9-17(23)21-22-18(24)11-26-16-5-3-2-4-13(16)19/h2-10H,11H2,1H3,(H,21,23)(H,22,24)/b9-7+. The fraction of sp³-hybridized carbons (Fsp3) is 0.111. The van der Waals surface area contributed by atoms with Crippen molar-refractivity contribution >= 4 is 17.9 Å². The Morgan fingerprint density at radius 3 is 2.50 bits per heavy atom. The number of amides is 2. The smallest absolute Gasteiger partial charge is 0.276 e. The van der Waals surface area contributed by atoms with Crippen LogP contribution in [0.5, 0.6) is 11.5 Å². The molecule has 0 radical (unpaired) electrons. The number of hydrazine groups is 1. The van der Waals surface area contributed by atoms with Crippen LogP contribution in [0.15, 0.2) is 48.5 Å². The molecule has 0 aromatic heterocycles. The number of para-hydroxylation sites is 1. The molecule has 0 aliphatic rings. The molecule has 2 aromatic carbocycles. The van der Waals surface area contributed by atoms with Gasteiger partial charge in [0.05, 0.1) is 7.11 Å². The molecule has 0 unspecified atom stereocenters. The number of carbonyl (C=O) groups excluding carboxylic acids is 2. The lowest BCUT2D eigenvalue weighted by Crippen LogP contribution is -2.43. The van der Waals surface area contributed by atoms with Gasteiger partial charge in [-0.1, -0.05) is 18.2 Å². The van der Waals surface area contributed by atoms with Crippen LogP contribution in [-0.2, 0) is 9.59 Å². The molecule has 0 atom stereocenters. The quantitative estimate of drug-likeness (QED) is 0.610. The monoisotopic (exact) mass is 362 g/mol. The van der Waals surface area contributed by atoms with Crippen molar-refractivity contribution in [3.8, 4) is 11.5 Å². The number of hydrogen-bond acceptors (Lipinski definition) is 4. The highest BCUT2D eigenvalue weighted by Gasteiger charge is 2.07. The highest BCUT2D eigenvalue weighted by Crippen LogP contribution is 2.18. The summed E-state index contributed by atoms with van der Waals surface area (Å²) in [7, 11) is 1.35. The largest absolute Gasteiger partial charge is 0.494 e. The first-order chi connectivity index (χ1) is 12.5. The van der Waals surface area contributed by atoms with Gasteiger partial charge in [-0.2, -0.15) is 0 Å². The normalized spacial score (nSPS) is 10.4. The van der Waals surface area contributed by atoms with Gasteiger partial charge in [-0.3, -0.25) is 20.4 Å². The van der Waals surface area contributed by atoms with Crippen LogP contribution in [0.2, 0.25) is 0 Å². The summed E-state index contributed by atoms with van der Waals surface area (Å²) >= 11 is 0. The lowest BCUT2D eigenvalue weighted by molar-refractivity contribution is -0.128. The third kappa shape index (κ3) is 5.59. The Balaban J connectivity index is 1.78. The number of ether oxygens (including phenoxy) is 2. The van der Waals surface area contributed by atoms with Gasteiger partial charge >= 0.3 is 0 Å². The zero-order valence-corrected chi connectivity index (χ0v) is 13.8. The van der Waals surface area contributed by atoms with E-state index in [2.05, 4.69) is 10.9 Å². The molecular formula is C18H16F2N2O4. The Hall–Kier alpha value is -3.42. The Bertz CT molecular complexity index is 825. The molecule has 136 valence electrons. The average Bonchev–Trinajstić information content (AvgIpc) is 2.64. The maximum absolute atomic E-state index is 13.5. The van der Waals surface area contributed by atoms with E-state index in [4.69, 9.17) is 9.47 Å². The summed E-state index contributed by atoms with van der Waals surface area (Å²) in [6.07, 6.45) is 2.47. The minimum atomic E-state index is -0.675. The predicted molar refractivity (Wildman–Crippen MR) is 90.2 cm³/mol. The van der Waals surface area contributed by atoms with Gasteiger partial charge in [0, 0.05) is 6.08 Å². The molecule has 2 aromatic rings. The van der Waals surface area contributed by atoms with Gasteiger partial charge in [0.2, 0.25) is 0 Å². The van der Waals surface area contributed by atoms with Crippen molar-refractivity contribution in [3.05, 3.63) is 65.7 Å². The molecule has 0 aliphatic carbocycles. The second-order valence-corrected chi connectivity index (χ2v) is 4.98. The van der Waals surface area contributed by atoms with Gasteiger partial charge in [-0.05, 0) is 35.9 Å². The second kappa shape index (κ2) is 9.16. The Morgan fingerprint density at radius 2 is 1.81 bits per heavy atom. The minimum Gasteiger partial charge on any atom is -0.494 e. The van der Waals surface area contributed by atoms with Gasteiger partial charge < -0.3 is 9.47 Å². The first-order valence-electron chi connectivity index (χ1n) is 7.47. The van der Waals surface area contributed by atoms with Crippen LogP contribution in [0, 0.1) is 11.6 Å². The average molecular weight is 362 g/mol. The Labute approximate surface area is 148 Å². The van der Waals surface area contributed by atoms with E-state index in [1.54, 1.807) is 12.1 Å². The number of rotatable bonds is 6. The van der Waals surface area contributed by atoms with Crippen LogP contribution in [0.25, 0.3) is 6.08 Å². The van der Waals surface area contributed by atoms with Crippen LogP contribution >= 0.6 is 0 Å². The van der Waals surface area contributed by atoms with Crippen molar-refractivity contribution in [3.63, 3.8) is 0 Å². The molecule has 0 heterocycles. The summed E-state index contributed by atoms with van der Waals surface area (Å²) in [5.41, 5.74) is 4.67. The molecule has 6 nitrogen and oxygen atoms in total. The lowest BCUT2D eigenvalue weighted by Gasteiger charge is -2.08. The van der Waals surface area contributed by atoms with Crippen LogP contribution in [0.1, 0.15) is 5.56 Å². The molecule has 8 heteroatoms. The zero-order chi connectivity index (χ0) is 18.9. The third-order valence-corrected chi connectivity index (χ3v) is 3.12. The van der Waals surface area contributed by atoms with Crippen molar-refractivity contribution in [1.29, 1.82) is 0 Å². The van der Waals surface area contributed by atoms with Crippen molar-refractivity contribution in [2.75, 3.05) is 13.7 Å². The molecule has 0 spiro atoms. The number of methoxy groups -OCH3 is 1. The van der Waals surface area contributed by atoms with Crippen LogP contribution in [0.3, 0.4) is 0 Å². The summed E-state index contributed by atoms with van der Waals surface area (Å²) in [6, 6.07) is 9.80. The summed E-state index contributed by atoms with van der Waals surface area (Å²) in [5.74, 6) is -2.46. The van der Waals surface area contributed by atoms with Gasteiger partial charge in [-0.25, -0.2) is 8.78 Å². The van der Waals surface area contributed by atoms with Crippen LogP contribution in [0.4, 0.5) is 8.78 Å². The van der Waals surface area contributed by atoms with E-state index < -0.39 is 30.1 Å². The van der Waals surface area contributed by atoms with E-state index in [1.807, 2.05) is 0 Å². The maximum Gasteiger partial charge on any atom is 0.276 e. The summed E-state index contributed by atoms with van der Waals surface area (Å²) < 4.78 is 36.6. The number of carbonyl (C=O) groups is 2. The van der Waals surface area contributed by atoms with E-state index in [1.165, 1.54) is 43.5 Å². The Morgan fingerprint density at radius 1 is 1.04 bits per heavy atom. The third-order valence-electron chi connectivity index (χ3n) is 3.12. The molecule has 2 N–H and O–H groups in total. The van der Waals surface area contributed by atoms with E-state index >= 15 is 0 Å². The van der Waals surface area contributed by atoms with E-state index in [0.29, 0.717) is 5.56 Å². The molecule has 0 fully saturated rings. The molecule has 2 rings (SSSR count). The van der Waals surface area contributed by atoms with Gasteiger partial charge in [-0.15, -0.1) is 0 Å². The van der Waals surface area contributed by atoms with E-state index in [0.717, 1.165) is 6.08 Å². The fourth-order valence-corrected chi connectivity index (χ4v) is 1.87. The first-order valence-corrected chi connectivity index (χ1v) is 7.47. The van der Waals surface area contributed by atoms with Crippen molar-refractivity contribution < 1.29 is 27.8 Å². The van der Waals surface area contributed by atoms with E-state index in [9.17, 15) is 18.4 Å². The van der Waals surface area contributed by atoms with Crippen LogP contribution in [-0.4, -0.2) is 25.5 Å². The summed E-state index contributed by atoms with van der Waals surface area (Å²) in [4.78, 5) is 23.2. The molecule has 0 saturated heterocycles. The lowest BCUT2D eigenvalue weighted by atomic mass is 10.2. The zero-order valence-electron chi connectivity index (χ0n) is 13.8. The van der Waals surface area contributed by atoms with Crippen molar-refractivity contribution in [2.24, 2.45) is 0 Å². The highest BCUT2D eigenvalue weighted by molar-refractivity contribution is 5.93. The maximum atomic E-state index is 13.5. The van der Waals surface area contributed by atoms with Gasteiger partial charge in [0.15, 0.2) is 29.7 Å². The van der Waals surface area contributed by atoms with Crippen molar-refractivity contribution in [2.45, 2.75) is 0 Å². The molecule has 0 bridgehead atoms. The number of benzene rings is 2. The molecule has 2 amide bonds. The predicted octanol–water partition coefficient (Wildman–Crippen LogP) is 2.21. The summed E-state index contributed by atoms with van der Waals surface area (Å²) in [5, 5.41) is 0. The Kier molecular flexibility index (Phi) is 6.67. The van der Waals surface area contributed by atoms with Gasteiger partial charge in [0.25, 0.3) is 11.8 Å². The molecule has 0 saturated carbocycles. The highest BCUT2D eigenvalue weighted by atomic mass is 19.1. The fourth-order valence-electron chi connectivity index (χ4n) is 1.87. The number of nitrogens with one attached hydrogen (secondary N) is 2. The van der Waals surface area contributed by atoms with Crippen molar-refractivity contribution in [1.82, 2.24) is 10.9 Å². The van der Waals surface area contributed by atoms with Gasteiger partial charge in [0.1, 0.15) is 0 Å². The minimum absolute atomic E-state index is 0.0737. The molecule has 26 heavy (non-hydrogen) atoms. The number of halogens is 2. The molecular weight excluding hydrogens is 346 g/mol. The first kappa shape index (κ1) is 18.9. The molecule has 0 aliphatic heterocycles. The number of hydrogen-bond donors (Lipinski definition) is 2. The van der Waals surface area contributed by atoms with E-state index in [-0.39, 0.29) is 11.5 Å². The summed E-state index contributed by atoms with van der Waals surface area (Å²) in [6.45, 7) is -0.478. The topological polar surface area (TPSA) is 76.7 Å². The second-order valence-electron chi connectivity index (χ2n) is 4.98. The van der Waals surface area contributed by atoms with Crippen LogP contribution < -0.4 is 20.3 Å². The SMILES string of the molecule is COc1ccc(/C=C/C(=O)NNC(=O)COc2ccccc2F)cc1F.